The van der Waals surface area contributed by atoms with Crippen LogP contribution in [0.2, 0.25) is 0 Å². The quantitative estimate of drug-likeness (QED) is 0.546. The Labute approximate surface area is 114 Å². The van der Waals surface area contributed by atoms with Crippen LogP contribution < -0.4 is 5.32 Å². The number of hydrogen-bond acceptors (Lipinski definition) is 6. The monoisotopic (exact) mass is 275 g/mol. The van der Waals surface area contributed by atoms with E-state index in [1.54, 1.807) is 0 Å². The van der Waals surface area contributed by atoms with E-state index in [2.05, 4.69) is 35.7 Å². The fourth-order valence-electron chi connectivity index (χ4n) is 2.90. The van der Waals surface area contributed by atoms with Gasteiger partial charge in [0.05, 0.1) is 6.61 Å². The van der Waals surface area contributed by atoms with Crippen LogP contribution in [-0.4, -0.2) is 53.6 Å². The highest BCUT2D eigenvalue weighted by atomic mass is 32.2. The van der Waals surface area contributed by atoms with Gasteiger partial charge in [0.1, 0.15) is 0 Å². The van der Waals surface area contributed by atoms with E-state index >= 15 is 0 Å². The number of hydrogen-bond donors (Lipinski definition) is 2. The lowest BCUT2D eigenvalue weighted by Gasteiger charge is -2.48. The molecular weight excluding hydrogens is 250 g/mol. The molecule has 0 radical (unpaired) electrons. The molecule has 0 saturated carbocycles. The van der Waals surface area contributed by atoms with Crippen LogP contribution in [-0.2, 0) is 0 Å². The van der Waals surface area contributed by atoms with Crippen LogP contribution in [0, 0.1) is 4.91 Å². The minimum atomic E-state index is -0.164. The molecule has 0 aromatic carbocycles. The average molecular weight is 275 g/mol. The molecule has 0 aromatic heterocycles. The minimum Gasteiger partial charge on any atom is -0.395 e. The maximum atomic E-state index is 10.5. The van der Waals surface area contributed by atoms with Crippen LogP contribution in [0.3, 0.4) is 0 Å². The first-order chi connectivity index (χ1) is 8.46. The van der Waals surface area contributed by atoms with E-state index in [1.165, 1.54) is 0 Å². The Morgan fingerprint density at radius 1 is 1.44 bits per heavy atom. The Kier molecular flexibility index (Phi) is 6.04. The van der Waals surface area contributed by atoms with Gasteiger partial charge in [0, 0.05) is 33.4 Å². The lowest BCUT2D eigenvalue weighted by molar-refractivity contribution is 0.0504. The molecule has 0 amide bonds. The van der Waals surface area contributed by atoms with Gasteiger partial charge in [-0.15, -0.1) is 4.91 Å². The summed E-state index contributed by atoms with van der Waals surface area (Å²) in [6.07, 6.45) is 3.01. The Bertz CT molecular complexity index is 268. The van der Waals surface area contributed by atoms with Crippen molar-refractivity contribution in [1.29, 1.82) is 0 Å². The van der Waals surface area contributed by atoms with Crippen molar-refractivity contribution in [3.8, 4) is 0 Å². The first-order valence-corrected chi connectivity index (χ1v) is 7.27. The number of nitrogens with one attached hydrogen (secondary N) is 1. The Morgan fingerprint density at radius 2 is 2.06 bits per heavy atom. The van der Waals surface area contributed by atoms with E-state index in [1.807, 2.05) is 0 Å². The third-order valence-corrected chi connectivity index (χ3v) is 4.53. The molecule has 1 heterocycles. The first kappa shape index (κ1) is 15.9. The summed E-state index contributed by atoms with van der Waals surface area (Å²) in [7, 11) is 2.07. The second kappa shape index (κ2) is 6.84. The van der Waals surface area contributed by atoms with Crippen LogP contribution in [0.5, 0.6) is 0 Å². The van der Waals surface area contributed by atoms with Gasteiger partial charge in [-0.3, -0.25) is 4.90 Å². The van der Waals surface area contributed by atoms with E-state index < -0.39 is 0 Å². The molecule has 0 spiro atoms. The molecule has 106 valence electrons. The zero-order valence-corrected chi connectivity index (χ0v) is 12.4. The molecule has 1 aliphatic rings. The molecule has 1 aliphatic heterocycles. The van der Waals surface area contributed by atoms with Crippen LogP contribution in [0.25, 0.3) is 0 Å². The fraction of sp³-hybridized carbons (Fsp3) is 1.00. The molecule has 0 bridgehead atoms. The van der Waals surface area contributed by atoms with Gasteiger partial charge >= 0.3 is 0 Å². The summed E-state index contributed by atoms with van der Waals surface area (Å²) in [5, 5.41) is 12.5. The Balaban J connectivity index is 2.79. The number of nitrogens with zero attached hydrogens (tertiary/aromatic N) is 2. The van der Waals surface area contributed by atoms with Crippen molar-refractivity contribution < 1.29 is 5.11 Å². The molecule has 5 nitrogen and oxygen atoms in total. The van der Waals surface area contributed by atoms with E-state index in [0.29, 0.717) is 6.54 Å². The summed E-state index contributed by atoms with van der Waals surface area (Å²) in [4.78, 5) is 12.8. The highest BCUT2D eigenvalue weighted by molar-refractivity contribution is 7.99. The van der Waals surface area contributed by atoms with Crippen LogP contribution in [0.15, 0.2) is 4.58 Å². The van der Waals surface area contributed by atoms with Gasteiger partial charge in [-0.1, -0.05) is 0 Å². The number of β-amino-alcohol motifs (C(OH)–C–C–N with tert-alkyl or cyclic N) is 1. The molecule has 6 heteroatoms. The largest absolute Gasteiger partial charge is 0.395 e. The normalized spacial score (nSPS) is 20.1. The molecule has 1 rings (SSSR count). The number of likely N-dealkylation sites (N-methyl/N-ethyl adjacent to an activating group) is 1. The molecule has 0 aliphatic carbocycles. The van der Waals surface area contributed by atoms with Gasteiger partial charge in [0.25, 0.3) is 0 Å². The molecule has 0 aromatic rings. The number of aliphatic hydroxyl groups is 1. The van der Waals surface area contributed by atoms with Crippen molar-refractivity contribution in [2.45, 2.75) is 43.4 Å². The number of piperidine rings is 1. The zero-order chi connectivity index (χ0) is 13.6. The molecule has 0 unspecified atom stereocenters. The standard InChI is InChI=1S/C12H25N3O2S/c1-11(2,18-14-17)10-12(15(3)8-9-16)4-6-13-7-5-12/h13,16H,4-10H2,1-3H3. The maximum Gasteiger partial charge on any atom is 0.0558 e. The molecule has 1 fully saturated rings. The zero-order valence-electron chi connectivity index (χ0n) is 11.6. The van der Waals surface area contributed by atoms with Gasteiger partial charge in [-0.25, -0.2) is 0 Å². The molecular formula is C12H25N3O2S. The van der Waals surface area contributed by atoms with Crippen molar-refractivity contribution in [3.05, 3.63) is 4.91 Å². The van der Waals surface area contributed by atoms with E-state index in [0.717, 1.165) is 44.3 Å². The molecule has 1 saturated heterocycles. The number of rotatable bonds is 7. The summed E-state index contributed by atoms with van der Waals surface area (Å²) >= 11 is 1.12. The number of nitroso groups, excluding NO2 is 1. The van der Waals surface area contributed by atoms with Gasteiger partial charge in [0.15, 0.2) is 0 Å². The predicted molar refractivity (Wildman–Crippen MR) is 76.6 cm³/mol. The highest BCUT2D eigenvalue weighted by Gasteiger charge is 2.41. The summed E-state index contributed by atoms with van der Waals surface area (Å²) in [5.41, 5.74) is 0.0647. The van der Waals surface area contributed by atoms with Crippen molar-refractivity contribution in [2.24, 2.45) is 4.58 Å². The Hall–Kier alpha value is -0.170. The van der Waals surface area contributed by atoms with E-state index in [9.17, 15) is 4.91 Å². The summed E-state index contributed by atoms with van der Waals surface area (Å²) in [6.45, 7) is 6.96. The minimum absolute atomic E-state index is 0.0647. The first-order valence-electron chi connectivity index (χ1n) is 6.49. The van der Waals surface area contributed by atoms with Crippen molar-refractivity contribution in [3.63, 3.8) is 0 Å². The lowest BCUT2D eigenvalue weighted by atomic mass is 9.79. The van der Waals surface area contributed by atoms with Crippen molar-refractivity contribution in [1.82, 2.24) is 10.2 Å². The second-order valence-electron chi connectivity index (χ2n) is 5.72. The predicted octanol–water partition coefficient (Wildman–Crippen LogP) is 1.62. The van der Waals surface area contributed by atoms with Gasteiger partial charge in [-0.05, 0) is 53.2 Å². The van der Waals surface area contributed by atoms with Gasteiger partial charge < -0.3 is 10.4 Å². The van der Waals surface area contributed by atoms with E-state index in [-0.39, 0.29) is 16.9 Å². The molecule has 2 N–H and O–H groups in total. The smallest absolute Gasteiger partial charge is 0.0558 e. The van der Waals surface area contributed by atoms with Crippen LogP contribution in [0.1, 0.15) is 33.1 Å². The van der Waals surface area contributed by atoms with Crippen molar-refractivity contribution in [2.75, 3.05) is 33.3 Å². The molecule has 0 atom stereocenters. The van der Waals surface area contributed by atoms with Gasteiger partial charge in [0.2, 0.25) is 0 Å². The highest BCUT2D eigenvalue weighted by Crippen LogP contribution is 2.40. The average Bonchev–Trinajstić information content (AvgIpc) is 2.29. The second-order valence-corrected chi connectivity index (χ2v) is 7.16. The van der Waals surface area contributed by atoms with Gasteiger partial charge in [-0.2, -0.15) is 0 Å². The van der Waals surface area contributed by atoms with Crippen LogP contribution in [0.4, 0.5) is 0 Å². The summed E-state index contributed by atoms with van der Waals surface area (Å²) < 4.78 is 2.83. The fourth-order valence-corrected chi connectivity index (χ4v) is 3.43. The topological polar surface area (TPSA) is 64.9 Å². The van der Waals surface area contributed by atoms with E-state index in [4.69, 9.17) is 5.11 Å². The molecule has 18 heavy (non-hydrogen) atoms. The van der Waals surface area contributed by atoms with Crippen molar-refractivity contribution >= 4 is 11.9 Å². The maximum absolute atomic E-state index is 10.5. The summed E-state index contributed by atoms with van der Waals surface area (Å²) in [6, 6.07) is 0. The lowest BCUT2D eigenvalue weighted by Crippen LogP contribution is -2.56. The summed E-state index contributed by atoms with van der Waals surface area (Å²) in [5.74, 6) is 0. The third-order valence-electron chi connectivity index (χ3n) is 3.82. The van der Waals surface area contributed by atoms with Crippen LogP contribution >= 0.6 is 11.9 Å². The SMILES string of the molecule is CN(CCO)C1(CC(C)(C)SN=O)CCNCC1. The third kappa shape index (κ3) is 4.19. The number of aliphatic hydroxyl groups excluding tert-OH is 1. The Morgan fingerprint density at radius 3 is 2.56 bits per heavy atom.